The van der Waals surface area contributed by atoms with E-state index in [1.807, 2.05) is 0 Å². The molecule has 4 nitrogen and oxygen atoms in total. The molecule has 0 amide bonds. The first-order chi connectivity index (χ1) is 8.35. The van der Waals surface area contributed by atoms with Gasteiger partial charge in [-0.15, -0.1) is 11.3 Å². The number of rotatable bonds is 5. The van der Waals surface area contributed by atoms with E-state index in [-0.39, 0.29) is 12.1 Å². The van der Waals surface area contributed by atoms with Crippen LogP contribution in [0.2, 0.25) is 0 Å². The van der Waals surface area contributed by atoms with Crippen molar-refractivity contribution >= 4 is 11.3 Å². The molecule has 17 heavy (non-hydrogen) atoms. The van der Waals surface area contributed by atoms with Crippen LogP contribution in [0.4, 0.5) is 0 Å². The Morgan fingerprint density at radius 3 is 3.24 bits per heavy atom. The van der Waals surface area contributed by atoms with Crippen molar-refractivity contribution in [2.75, 3.05) is 26.2 Å². The Morgan fingerprint density at radius 1 is 1.71 bits per heavy atom. The van der Waals surface area contributed by atoms with E-state index >= 15 is 0 Å². The summed E-state index contributed by atoms with van der Waals surface area (Å²) in [6, 6.07) is 4.27. The molecule has 1 aromatic rings. The lowest BCUT2D eigenvalue weighted by Gasteiger charge is -2.36. The normalized spacial score (nSPS) is 23.8. The van der Waals surface area contributed by atoms with Gasteiger partial charge in [0, 0.05) is 18.0 Å². The second-order valence-electron chi connectivity index (χ2n) is 4.37. The smallest absolute Gasteiger partial charge is 0.0917 e. The lowest BCUT2D eigenvalue weighted by molar-refractivity contribution is -0.0465. The van der Waals surface area contributed by atoms with E-state index in [1.165, 1.54) is 11.3 Å². The zero-order chi connectivity index (χ0) is 12.1. The van der Waals surface area contributed by atoms with Gasteiger partial charge >= 0.3 is 0 Å². The maximum atomic E-state index is 5.85. The van der Waals surface area contributed by atoms with Crippen LogP contribution in [0.5, 0.6) is 0 Å². The van der Waals surface area contributed by atoms with Crippen LogP contribution in [0.15, 0.2) is 17.5 Å². The minimum atomic E-state index is 0.106. The summed E-state index contributed by atoms with van der Waals surface area (Å²) in [6.45, 7) is 6.14. The monoisotopic (exact) mass is 255 g/mol. The molecule has 2 atom stereocenters. The van der Waals surface area contributed by atoms with Crippen molar-refractivity contribution in [2.24, 2.45) is 5.84 Å². The van der Waals surface area contributed by atoms with Crippen LogP contribution in [0.3, 0.4) is 0 Å². The summed E-state index contributed by atoms with van der Waals surface area (Å²) in [7, 11) is 0. The molecule has 0 bridgehead atoms. The summed E-state index contributed by atoms with van der Waals surface area (Å²) < 4.78 is 5.85. The molecule has 5 heteroatoms. The molecule has 96 valence electrons. The molecule has 1 aliphatic heterocycles. The summed E-state index contributed by atoms with van der Waals surface area (Å²) in [5, 5.41) is 2.08. The highest BCUT2D eigenvalue weighted by molar-refractivity contribution is 7.10. The van der Waals surface area contributed by atoms with Crippen LogP contribution in [-0.4, -0.2) is 37.2 Å². The van der Waals surface area contributed by atoms with Gasteiger partial charge in [-0.3, -0.25) is 10.7 Å². The SMILES string of the molecule is CCCN1CCOC(C(NN)c2cccs2)C1. The summed E-state index contributed by atoms with van der Waals surface area (Å²) in [4.78, 5) is 3.70. The summed E-state index contributed by atoms with van der Waals surface area (Å²) in [6.07, 6.45) is 1.34. The molecule has 2 rings (SSSR count). The molecule has 0 saturated carbocycles. The second-order valence-corrected chi connectivity index (χ2v) is 5.35. The fourth-order valence-corrected chi connectivity index (χ4v) is 3.13. The predicted molar refractivity (Wildman–Crippen MR) is 70.9 cm³/mol. The number of hydrogen-bond donors (Lipinski definition) is 2. The quantitative estimate of drug-likeness (QED) is 0.616. The maximum absolute atomic E-state index is 5.85. The van der Waals surface area contributed by atoms with Gasteiger partial charge in [-0.05, 0) is 24.4 Å². The van der Waals surface area contributed by atoms with Gasteiger partial charge in [0.1, 0.15) is 0 Å². The Labute approximate surface area is 107 Å². The Hall–Kier alpha value is -0.460. The average molecular weight is 255 g/mol. The summed E-state index contributed by atoms with van der Waals surface area (Å²) in [5.41, 5.74) is 2.90. The van der Waals surface area contributed by atoms with Gasteiger partial charge in [-0.25, -0.2) is 5.43 Å². The molecule has 1 fully saturated rings. The zero-order valence-electron chi connectivity index (χ0n) is 10.3. The van der Waals surface area contributed by atoms with Crippen LogP contribution < -0.4 is 11.3 Å². The van der Waals surface area contributed by atoms with E-state index in [0.29, 0.717) is 0 Å². The maximum Gasteiger partial charge on any atom is 0.0917 e. The van der Waals surface area contributed by atoms with Gasteiger partial charge in [0.2, 0.25) is 0 Å². The molecular formula is C12H21N3OS. The number of hydrogen-bond acceptors (Lipinski definition) is 5. The largest absolute Gasteiger partial charge is 0.373 e. The first-order valence-electron chi connectivity index (χ1n) is 6.18. The molecule has 0 radical (unpaired) electrons. The number of nitrogens with two attached hydrogens (primary N) is 1. The average Bonchev–Trinajstić information content (AvgIpc) is 2.85. The van der Waals surface area contributed by atoms with Crippen molar-refractivity contribution < 1.29 is 4.74 Å². The highest BCUT2D eigenvalue weighted by Gasteiger charge is 2.28. The number of ether oxygens (including phenoxy) is 1. The predicted octanol–water partition coefficient (Wildman–Crippen LogP) is 1.36. The van der Waals surface area contributed by atoms with Gasteiger partial charge in [-0.1, -0.05) is 13.0 Å². The third kappa shape index (κ3) is 3.26. The minimum absolute atomic E-state index is 0.106. The number of morpholine rings is 1. The molecule has 0 aromatic carbocycles. The van der Waals surface area contributed by atoms with E-state index < -0.39 is 0 Å². The van der Waals surface area contributed by atoms with Crippen LogP contribution in [0.25, 0.3) is 0 Å². The van der Waals surface area contributed by atoms with E-state index in [0.717, 1.165) is 26.2 Å². The zero-order valence-corrected chi connectivity index (χ0v) is 11.1. The third-order valence-electron chi connectivity index (χ3n) is 3.12. The molecule has 1 saturated heterocycles. The lowest BCUT2D eigenvalue weighted by atomic mass is 10.1. The van der Waals surface area contributed by atoms with Gasteiger partial charge < -0.3 is 4.74 Å². The van der Waals surface area contributed by atoms with Crippen molar-refractivity contribution in [1.29, 1.82) is 0 Å². The lowest BCUT2D eigenvalue weighted by Crippen LogP contribution is -2.49. The van der Waals surface area contributed by atoms with Crippen molar-refractivity contribution in [1.82, 2.24) is 10.3 Å². The van der Waals surface area contributed by atoms with Crippen LogP contribution in [-0.2, 0) is 4.74 Å². The molecule has 0 spiro atoms. The van der Waals surface area contributed by atoms with E-state index in [9.17, 15) is 0 Å². The molecule has 2 heterocycles. The van der Waals surface area contributed by atoms with E-state index in [1.54, 1.807) is 11.3 Å². The standard InChI is InChI=1S/C12H21N3OS/c1-2-5-15-6-7-16-10(9-15)12(14-13)11-4-3-8-17-11/h3-4,8,10,12,14H,2,5-7,9,13H2,1H3. The first-order valence-corrected chi connectivity index (χ1v) is 7.06. The van der Waals surface area contributed by atoms with Crippen LogP contribution in [0, 0.1) is 0 Å². The Balaban J connectivity index is 1.99. The van der Waals surface area contributed by atoms with Gasteiger partial charge in [0.05, 0.1) is 18.8 Å². The van der Waals surface area contributed by atoms with Crippen LogP contribution in [0.1, 0.15) is 24.3 Å². The van der Waals surface area contributed by atoms with Crippen molar-refractivity contribution in [3.05, 3.63) is 22.4 Å². The number of hydrazine groups is 1. The van der Waals surface area contributed by atoms with Crippen molar-refractivity contribution in [3.63, 3.8) is 0 Å². The van der Waals surface area contributed by atoms with Gasteiger partial charge in [0.15, 0.2) is 0 Å². The molecule has 2 unspecified atom stereocenters. The highest BCUT2D eigenvalue weighted by atomic mass is 32.1. The van der Waals surface area contributed by atoms with Crippen molar-refractivity contribution in [2.45, 2.75) is 25.5 Å². The van der Waals surface area contributed by atoms with Crippen LogP contribution >= 0.6 is 11.3 Å². The second kappa shape index (κ2) is 6.47. The Morgan fingerprint density at radius 2 is 2.59 bits per heavy atom. The number of nitrogens with zero attached hydrogens (tertiary/aromatic N) is 1. The summed E-state index contributed by atoms with van der Waals surface area (Å²) in [5.74, 6) is 5.67. The first kappa shape index (κ1) is 13.0. The fourth-order valence-electron chi connectivity index (χ4n) is 2.29. The topological polar surface area (TPSA) is 50.5 Å². The highest BCUT2D eigenvalue weighted by Crippen LogP contribution is 2.25. The van der Waals surface area contributed by atoms with Crippen molar-refractivity contribution in [3.8, 4) is 0 Å². The van der Waals surface area contributed by atoms with E-state index in [4.69, 9.17) is 10.6 Å². The fraction of sp³-hybridized carbons (Fsp3) is 0.667. The van der Waals surface area contributed by atoms with Gasteiger partial charge in [-0.2, -0.15) is 0 Å². The molecule has 3 N–H and O–H groups in total. The minimum Gasteiger partial charge on any atom is -0.373 e. The Bertz CT molecular complexity index is 316. The van der Waals surface area contributed by atoms with E-state index in [2.05, 4.69) is 34.8 Å². The Kier molecular flexibility index (Phi) is 4.94. The number of nitrogens with one attached hydrogen (secondary N) is 1. The molecular weight excluding hydrogens is 234 g/mol. The number of thiophene rings is 1. The molecule has 0 aliphatic carbocycles. The van der Waals surface area contributed by atoms with Gasteiger partial charge in [0.25, 0.3) is 0 Å². The summed E-state index contributed by atoms with van der Waals surface area (Å²) >= 11 is 1.72. The third-order valence-corrected chi connectivity index (χ3v) is 4.07. The molecule has 1 aromatic heterocycles. The molecule has 1 aliphatic rings.